The van der Waals surface area contributed by atoms with Gasteiger partial charge >= 0.3 is 0 Å². The first-order valence-corrected chi connectivity index (χ1v) is 11.2. The van der Waals surface area contributed by atoms with E-state index in [-0.39, 0.29) is 30.1 Å². The minimum atomic E-state index is -0.655. The molecule has 0 unspecified atom stereocenters. The average Bonchev–Trinajstić information content (AvgIpc) is 2.66. The Balaban J connectivity index is 2.82. The van der Waals surface area contributed by atoms with Crippen molar-refractivity contribution >= 4 is 40.5 Å². The first-order chi connectivity index (χ1) is 13.0. The van der Waals surface area contributed by atoms with Crippen molar-refractivity contribution < 1.29 is 19.5 Å². The first kappa shape index (κ1) is 23.5. The lowest BCUT2D eigenvalue weighted by Gasteiger charge is -2.22. The molecule has 1 rings (SSSR count). The third-order valence-electron chi connectivity index (χ3n) is 3.84. The van der Waals surface area contributed by atoms with Crippen molar-refractivity contribution in [1.29, 1.82) is 0 Å². The second-order valence-electron chi connectivity index (χ2n) is 6.05. The molecular formula is C19H28N2O4S2. The fourth-order valence-corrected chi connectivity index (χ4v) is 3.62. The van der Waals surface area contributed by atoms with Gasteiger partial charge in [-0.25, -0.2) is 0 Å². The van der Waals surface area contributed by atoms with Crippen LogP contribution in [0, 0.1) is 5.92 Å². The number of nitrogens with one attached hydrogen (secondary N) is 2. The Labute approximate surface area is 169 Å². The number of aliphatic hydroxyl groups excluding tert-OH is 1. The predicted octanol–water partition coefficient (Wildman–Crippen LogP) is 1.47. The zero-order valence-corrected chi connectivity index (χ0v) is 17.4. The molecule has 0 spiro atoms. The molecule has 0 bridgehead atoms. The second kappa shape index (κ2) is 13.6. The smallest absolute Gasteiger partial charge is 0.242 e. The highest BCUT2D eigenvalue weighted by molar-refractivity contribution is 8.13. The number of benzene rings is 1. The SMILES string of the molecule is CSCC[C@H](NC(=O)[C@H](CSC(C)=O)Cc1ccccc1)C(=O)NCCO. The quantitative estimate of drug-likeness (QED) is 0.481. The van der Waals surface area contributed by atoms with E-state index in [1.807, 2.05) is 36.6 Å². The van der Waals surface area contributed by atoms with E-state index >= 15 is 0 Å². The fraction of sp³-hybridized carbons (Fsp3) is 0.526. The molecule has 1 aromatic carbocycles. The van der Waals surface area contributed by atoms with Crippen LogP contribution in [-0.4, -0.2) is 59.0 Å². The highest BCUT2D eigenvalue weighted by Crippen LogP contribution is 2.16. The van der Waals surface area contributed by atoms with Crippen LogP contribution in [0.25, 0.3) is 0 Å². The highest BCUT2D eigenvalue weighted by atomic mass is 32.2. The average molecular weight is 413 g/mol. The summed E-state index contributed by atoms with van der Waals surface area (Å²) in [6.45, 7) is 1.48. The Morgan fingerprint density at radius 1 is 1.15 bits per heavy atom. The van der Waals surface area contributed by atoms with Crippen molar-refractivity contribution in [1.82, 2.24) is 10.6 Å². The van der Waals surface area contributed by atoms with Crippen molar-refractivity contribution in [2.24, 2.45) is 5.92 Å². The number of aliphatic hydroxyl groups is 1. The minimum absolute atomic E-state index is 0.0412. The van der Waals surface area contributed by atoms with E-state index in [1.54, 1.807) is 11.8 Å². The Bertz CT molecular complexity index is 599. The van der Waals surface area contributed by atoms with E-state index in [4.69, 9.17) is 5.11 Å². The van der Waals surface area contributed by atoms with E-state index in [9.17, 15) is 14.4 Å². The van der Waals surface area contributed by atoms with Gasteiger partial charge in [0.1, 0.15) is 6.04 Å². The fourth-order valence-electron chi connectivity index (χ4n) is 2.44. The number of amides is 2. The molecule has 3 N–H and O–H groups in total. The van der Waals surface area contributed by atoms with Crippen molar-refractivity contribution in [2.75, 3.05) is 30.9 Å². The Hall–Kier alpha value is -1.51. The normalized spacial score (nSPS) is 12.9. The van der Waals surface area contributed by atoms with E-state index in [2.05, 4.69) is 10.6 Å². The number of hydrogen-bond acceptors (Lipinski definition) is 6. The molecule has 150 valence electrons. The Kier molecular flexibility index (Phi) is 11.9. The Morgan fingerprint density at radius 2 is 1.85 bits per heavy atom. The molecule has 0 heterocycles. The molecule has 6 nitrogen and oxygen atoms in total. The number of carbonyl (C=O) groups excluding carboxylic acids is 3. The van der Waals surface area contributed by atoms with Crippen molar-refractivity contribution in [3.05, 3.63) is 35.9 Å². The molecule has 0 saturated carbocycles. The molecular weight excluding hydrogens is 384 g/mol. The summed E-state index contributed by atoms with van der Waals surface area (Å²) in [5, 5.41) is 14.3. The van der Waals surface area contributed by atoms with Gasteiger partial charge in [-0.05, 0) is 30.4 Å². The lowest BCUT2D eigenvalue weighted by Crippen LogP contribution is -2.49. The Morgan fingerprint density at radius 3 is 2.44 bits per heavy atom. The minimum Gasteiger partial charge on any atom is -0.395 e. The molecule has 0 fully saturated rings. The van der Waals surface area contributed by atoms with E-state index < -0.39 is 12.0 Å². The van der Waals surface area contributed by atoms with Crippen LogP contribution >= 0.6 is 23.5 Å². The summed E-state index contributed by atoms with van der Waals surface area (Å²) in [5.41, 5.74) is 1.01. The monoisotopic (exact) mass is 412 g/mol. The zero-order chi connectivity index (χ0) is 20.1. The summed E-state index contributed by atoms with van der Waals surface area (Å²) >= 11 is 2.71. The summed E-state index contributed by atoms with van der Waals surface area (Å²) in [4.78, 5) is 36.5. The van der Waals surface area contributed by atoms with Gasteiger partial charge < -0.3 is 15.7 Å². The number of carbonyl (C=O) groups is 3. The van der Waals surface area contributed by atoms with Crippen LogP contribution in [0.1, 0.15) is 18.9 Å². The number of rotatable bonds is 12. The maximum atomic E-state index is 12.8. The maximum absolute atomic E-state index is 12.8. The molecule has 27 heavy (non-hydrogen) atoms. The van der Waals surface area contributed by atoms with Gasteiger partial charge in [-0.2, -0.15) is 11.8 Å². The summed E-state index contributed by atoms with van der Waals surface area (Å²) < 4.78 is 0. The molecule has 8 heteroatoms. The summed E-state index contributed by atoms with van der Waals surface area (Å²) in [6.07, 6.45) is 2.94. The molecule has 1 aromatic rings. The van der Waals surface area contributed by atoms with Crippen LogP contribution in [0.2, 0.25) is 0 Å². The molecule has 0 aromatic heterocycles. The summed E-state index contributed by atoms with van der Waals surface area (Å²) in [6, 6.07) is 8.96. The number of thioether (sulfide) groups is 2. The lowest BCUT2D eigenvalue weighted by molar-refractivity contribution is -0.130. The van der Waals surface area contributed by atoms with Gasteiger partial charge in [0.2, 0.25) is 11.8 Å². The third kappa shape index (κ3) is 9.83. The molecule has 0 aliphatic rings. The van der Waals surface area contributed by atoms with Gasteiger partial charge in [0.05, 0.1) is 12.5 Å². The van der Waals surface area contributed by atoms with Crippen LogP contribution in [0.15, 0.2) is 30.3 Å². The van der Waals surface area contributed by atoms with Crippen LogP contribution in [0.4, 0.5) is 0 Å². The van der Waals surface area contributed by atoms with Crippen molar-refractivity contribution in [3.63, 3.8) is 0 Å². The van der Waals surface area contributed by atoms with Gasteiger partial charge in [-0.15, -0.1) is 0 Å². The lowest BCUT2D eigenvalue weighted by atomic mass is 9.99. The van der Waals surface area contributed by atoms with E-state index in [0.717, 1.165) is 23.1 Å². The molecule has 2 amide bonds. The van der Waals surface area contributed by atoms with E-state index in [1.165, 1.54) is 6.92 Å². The third-order valence-corrected chi connectivity index (χ3v) is 5.46. The van der Waals surface area contributed by atoms with Gasteiger partial charge in [0.25, 0.3) is 0 Å². The van der Waals surface area contributed by atoms with Crippen LogP contribution in [-0.2, 0) is 20.8 Å². The van der Waals surface area contributed by atoms with E-state index in [0.29, 0.717) is 18.6 Å². The number of hydrogen-bond donors (Lipinski definition) is 3. The molecule has 0 aliphatic carbocycles. The topological polar surface area (TPSA) is 95.5 Å². The summed E-state index contributed by atoms with van der Waals surface area (Å²) in [7, 11) is 0. The predicted molar refractivity (Wildman–Crippen MR) is 112 cm³/mol. The standard InChI is InChI=1S/C19H28N2O4S2/c1-14(23)27-13-16(12-15-6-4-3-5-7-15)18(24)21-17(8-11-26-2)19(25)20-9-10-22/h3-7,16-17,22H,8-13H2,1-2H3,(H,20,25)(H,21,24)/t16-,17-/m0/s1. The van der Waals surface area contributed by atoms with Crippen LogP contribution < -0.4 is 10.6 Å². The summed E-state index contributed by atoms with van der Waals surface area (Å²) in [5.74, 6) is 0.137. The van der Waals surface area contributed by atoms with Crippen molar-refractivity contribution in [2.45, 2.75) is 25.8 Å². The molecule has 0 saturated heterocycles. The maximum Gasteiger partial charge on any atom is 0.242 e. The largest absolute Gasteiger partial charge is 0.395 e. The van der Waals surface area contributed by atoms with Crippen LogP contribution in [0.3, 0.4) is 0 Å². The van der Waals surface area contributed by atoms with Crippen LogP contribution in [0.5, 0.6) is 0 Å². The second-order valence-corrected chi connectivity index (χ2v) is 8.23. The highest BCUT2D eigenvalue weighted by Gasteiger charge is 2.26. The van der Waals surface area contributed by atoms with Gasteiger partial charge in [0.15, 0.2) is 5.12 Å². The first-order valence-electron chi connectivity index (χ1n) is 8.83. The molecule has 0 radical (unpaired) electrons. The van der Waals surface area contributed by atoms with Gasteiger partial charge in [-0.1, -0.05) is 42.1 Å². The zero-order valence-electron chi connectivity index (χ0n) is 15.8. The van der Waals surface area contributed by atoms with Gasteiger partial charge in [0, 0.05) is 19.2 Å². The van der Waals surface area contributed by atoms with Gasteiger partial charge in [-0.3, -0.25) is 14.4 Å². The van der Waals surface area contributed by atoms with Crippen molar-refractivity contribution in [3.8, 4) is 0 Å². The molecule has 2 atom stereocenters. The molecule has 0 aliphatic heterocycles.